The molecule has 70 valence electrons. The first kappa shape index (κ1) is 9.52. The second-order valence-electron chi connectivity index (χ2n) is 3.87. The van der Waals surface area contributed by atoms with Crippen molar-refractivity contribution in [2.24, 2.45) is 17.8 Å². The number of carboxylic acids is 1. The fourth-order valence-corrected chi connectivity index (χ4v) is 1.49. The van der Waals surface area contributed by atoms with Gasteiger partial charge in [-0.15, -0.1) is 0 Å². The van der Waals surface area contributed by atoms with Gasteiger partial charge in [-0.05, 0) is 12.3 Å². The van der Waals surface area contributed by atoms with Gasteiger partial charge in [-0.3, -0.25) is 4.79 Å². The van der Waals surface area contributed by atoms with Gasteiger partial charge in [0.2, 0.25) is 0 Å². The highest BCUT2D eigenvalue weighted by Crippen LogP contribution is 2.26. The second kappa shape index (κ2) is 3.90. The van der Waals surface area contributed by atoms with Crippen molar-refractivity contribution in [1.82, 2.24) is 0 Å². The minimum absolute atomic E-state index is 0.196. The molecule has 3 nitrogen and oxygen atoms in total. The van der Waals surface area contributed by atoms with Crippen LogP contribution in [0.4, 0.5) is 0 Å². The summed E-state index contributed by atoms with van der Waals surface area (Å²) in [5.41, 5.74) is 0. The summed E-state index contributed by atoms with van der Waals surface area (Å²) in [7, 11) is 0. The zero-order valence-electron chi connectivity index (χ0n) is 7.62. The monoisotopic (exact) mass is 172 g/mol. The number of carbonyl (C=O) groups is 1. The van der Waals surface area contributed by atoms with Crippen molar-refractivity contribution in [3.63, 3.8) is 0 Å². The SMILES string of the molecule is CC(C)CC(C(=O)O)C1COC1. The van der Waals surface area contributed by atoms with Crippen LogP contribution in [0.5, 0.6) is 0 Å². The van der Waals surface area contributed by atoms with Gasteiger partial charge in [0, 0.05) is 5.92 Å². The molecule has 0 radical (unpaired) electrons. The van der Waals surface area contributed by atoms with Crippen molar-refractivity contribution >= 4 is 5.97 Å². The van der Waals surface area contributed by atoms with Crippen LogP contribution in [0.1, 0.15) is 20.3 Å². The molecular formula is C9H16O3. The summed E-state index contributed by atoms with van der Waals surface area (Å²) in [4.78, 5) is 10.8. The maximum Gasteiger partial charge on any atom is 0.306 e. The maximum absolute atomic E-state index is 10.8. The number of carboxylic acid groups (broad SMARTS) is 1. The highest BCUT2D eigenvalue weighted by Gasteiger charge is 2.33. The third-order valence-corrected chi connectivity index (χ3v) is 2.28. The van der Waals surface area contributed by atoms with E-state index in [4.69, 9.17) is 9.84 Å². The maximum atomic E-state index is 10.8. The molecule has 12 heavy (non-hydrogen) atoms. The number of hydrogen-bond donors (Lipinski definition) is 1. The van der Waals surface area contributed by atoms with E-state index in [1.807, 2.05) is 0 Å². The standard InChI is InChI=1S/C9H16O3/c1-6(2)3-8(9(10)11)7-4-12-5-7/h6-8H,3-5H2,1-2H3,(H,10,11). The molecule has 0 aromatic carbocycles. The normalized spacial score (nSPS) is 20.6. The van der Waals surface area contributed by atoms with Gasteiger partial charge in [0.25, 0.3) is 0 Å². The minimum Gasteiger partial charge on any atom is -0.481 e. The molecule has 0 aromatic rings. The Kier molecular flexibility index (Phi) is 3.09. The van der Waals surface area contributed by atoms with Gasteiger partial charge >= 0.3 is 5.97 Å². The molecule has 0 saturated carbocycles. The highest BCUT2D eigenvalue weighted by molar-refractivity contribution is 5.70. The van der Waals surface area contributed by atoms with E-state index in [1.165, 1.54) is 0 Å². The first-order chi connectivity index (χ1) is 5.61. The van der Waals surface area contributed by atoms with Gasteiger partial charge in [-0.25, -0.2) is 0 Å². The van der Waals surface area contributed by atoms with Crippen LogP contribution in [0.2, 0.25) is 0 Å². The molecule has 1 N–H and O–H groups in total. The average Bonchev–Trinajstić information content (AvgIpc) is 1.80. The molecular weight excluding hydrogens is 156 g/mol. The van der Waals surface area contributed by atoms with Crippen LogP contribution < -0.4 is 0 Å². The van der Waals surface area contributed by atoms with Gasteiger partial charge in [0.15, 0.2) is 0 Å². The molecule has 1 atom stereocenters. The molecule has 1 aliphatic rings. The summed E-state index contributed by atoms with van der Waals surface area (Å²) in [5.74, 6) is -0.160. The quantitative estimate of drug-likeness (QED) is 0.696. The van der Waals surface area contributed by atoms with E-state index < -0.39 is 5.97 Å². The third-order valence-electron chi connectivity index (χ3n) is 2.28. The fraction of sp³-hybridized carbons (Fsp3) is 0.889. The van der Waals surface area contributed by atoms with Crippen molar-refractivity contribution in [3.8, 4) is 0 Å². The Hall–Kier alpha value is -0.570. The first-order valence-electron chi connectivity index (χ1n) is 4.41. The van der Waals surface area contributed by atoms with Crippen molar-refractivity contribution < 1.29 is 14.6 Å². The zero-order chi connectivity index (χ0) is 9.14. The Bertz CT molecular complexity index is 161. The minimum atomic E-state index is -0.669. The molecule has 3 heteroatoms. The van der Waals surface area contributed by atoms with Gasteiger partial charge in [0.1, 0.15) is 0 Å². The van der Waals surface area contributed by atoms with Gasteiger partial charge in [-0.2, -0.15) is 0 Å². The van der Waals surface area contributed by atoms with Crippen molar-refractivity contribution in [2.75, 3.05) is 13.2 Å². The van der Waals surface area contributed by atoms with E-state index in [2.05, 4.69) is 13.8 Å². The summed E-state index contributed by atoms with van der Waals surface area (Å²) in [6, 6.07) is 0. The molecule has 1 fully saturated rings. The molecule has 0 spiro atoms. The van der Waals surface area contributed by atoms with Crippen LogP contribution in [-0.4, -0.2) is 24.3 Å². The summed E-state index contributed by atoms with van der Waals surface area (Å²) in [6.07, 6.45) is 0.767. The molecule has 0 bridgehead atoms. The van der Waals surface area contributed by atoms with Gasteiger partial charge < -0.3 is 9.84 Å². The van der Waals surface area contributed by atoms with Gasteiger partial charge in [-0.1, -0.05) is 13.8 Å². The number of rotatable bonds is 4. The Balaban J connectivity index is 2.42. The summed E-state index contributed by atoms with van der Waals surface area (Å²) in [5, 5.41) is 8.90. The van der Waals surface area contributed by atoms with E-state index in [0.717, 1.165) is 6.42 Å². The van der Waals surface area contributed by atoms with Crippen molar-refractivity contribution in [2.45, 2.75) is 20.3 Å². The lowest BCUT2D eigenvalue weighted by Crippen LogP contribution is -2.38. The van der Waals surface area contributed by atoms with Crippen LogP contribution in [0.25, 0.3) is 0 Å². The average molecular weight is 172 g/mol. The zero-order valence-corrected chi connectivity index (χ0v) is 7.62. The number of ether oxygens (including phenoxy) is 1. The lowest BCUT2D eigenvalue weighted by Gasteiger charge is -2.32. The molecule has 1 unspecified atom stereocenters. The van der Waals surface area contributed by atoms with E-state index in [0.29, 0.717) is 19.1 Å². The fourth-order valence-electron chi connectivity index (χ4n) is 1.49. The summed E-state index contributed by atoms with van der Waals surface area (Å²) < 4.78 is 4.98. The second-order valence-corrected chi connectivity index (χ2v) is 3.87. The van der Waals surface area contributed by atoms with Crippen LogP contribution in [-0.2, 0) is 9.53 Å². The molecule has 1 rings (SSSR count). The van der Waals surface area contributed by atoms with Crippen LogP contribution in [0.15, 0.2) is 0 Å². The molecule has 0 aromatic heterocycles. The Morgan fingerprint density at radius 3 is 2.42 bits per heavy atom. The van der Waals surface area contributed by atoms with Gasteiger partial charge in [0.05, 0.1) is 19.1 Å². The Morgan fingerprint density at radius 1 is 1.58 bits per heavy atom. The summed E-state index contributed by atoms with van der Waals surface area (Å²) >= 11 is 0. The highest BCUT2D eigenvalue weighted by atomic mass is 16.5. The molecule has 1 aliphatic heterocycles. The number of aliphatic carboxylic acids is 1. The molecule has 1 saturated heterocycles. The van der Waals surface area contributed by atoms with E-state index in [-0.39, 0.29) is 11.8 Å². The lowest BCUT2D eigenvalue weighted by atomic mass is 9.84. The molecule has 0 aliphatic carbocycles. The third kappa shape index (κ3) is 2.21. The predicted octanol–water partition coefficient (Wildman–Crippen LogP) is 1.38. The predicted molar refractivity (Wildman–Crippen MR) is 44.9 cm³/mol. The largest absolute Gasteiger partial charge is 0.481 e. The van der Waals surface area contributed by atoms with E-state index in [1.54, 1.807) is 0 Å². The Labute approximate surface area is 72.7 Å². The smallest absolute Gasteiger partial charge is 0.306 e. The summed E-state index contributed by atoms with van der Waals surface area (Å²) in [6.45, 7) is 5.36. The van der Waals surface area contributed by atoms with Crippen LogP contribution >= 0.6 is 0 Å². The number of hydrogen-bond acceptors (Lipinski definition) is 2. The topological polar surface area (TPSA) is 46.5 Å². The van der Waals surface area contributed by atoms with Crippen LogP contribution in [0, 0.1) is 17.8 Å². The Morgan fingerprint density at radius 2 is 2.17 bits per heavy atom. The molecule has 0 amide bonds. The van der Waals surface area contributed by atoms with Crippen molar-refractivity contribution in [1.29, 1.82) is 0 Å². The van der Waals surface area contributed by atoms with Crippen LogP contribution in [0.3, 0.4) is 0 Å². The van der Waals surface area contributed by atoms with Crippen molar-refractivity contribution in [3.05, 3.63) is 0 Å². The lowest BCUT2D eigenvalue weighted by molar-refractivity contribution is -0.153. The van der Waals surface area contributed by atoms with E-state index in [9.17, 15) is 4.79 Å². The van der Waals surface area contributed by atoms with E-state index >= 15 is 0 Å². The molecule has 1 heterocycles. The first-order valence-corrected chi connectivity index (χ1v) is 4.41.